The van der Waals surface area contributed by atoms with Gasteiger partial charge in [0.05, 0.1) is 17.3 Å². The van der Waals surface area contributed by atoms with Gasteiger partial charge >= 0.3 is 0 Å². The van der Waals surface area contributed by atoms with Crippen LogP contribution in [0.5, 0.6) is 0 Å². The number of hydrogen-bond donors (Lipinski definition) is 1. The largest absolute Gasteiger partial charge is 0.369 e. The topological polar surface area (TPSA) is 43.8 Å². The fourth-order valence-corrected chi connectivity index (χ4v) is 3.38. The summed E-state index contributed by atoms with van der Waals surface area (Å²) in [5.41, 5.74) is -0.651. The highest BCUT2D eigenvalue weighted by atomic mass is 35.5. The van der Waals surface area contributed by atoms with E-state index in [1.54, 1.807) is 30.3 Å². The second kappa shape index (κ2) is 6.12. The molecule has 1 saturated heterocycles. The Morgan fingerprint density at radius 3 is 2.58 bits per heavy atom. The van der Waals surface area contributed by atoms with Crippen LogP contribution < -0.4 is 4.90 Å². The van der Waals surface area contributed by atoms with E-state index >= 15 is 0 Å². The monoisotopic (exact) mass is 364 g/mol. The number of thiocarbonyl (C=S) groups is 1. The molecule has 2 aromatic rings. The van der Waals surface area contributed by atoms with Crippen LogP contribution in [-0.4, -0.2) is 33.3 Å². The Morgan fingerprint density at radius 1 is 1.29 bits per heavy atom. The van der Waals surface area contributed by atoms with Crippen molar-refractivity contribution in [2.45, 2.75) is 12.6 Å². The van der Waals surface area contributed by atoms with Gasteiger partial charge in [0.25, 0.3) is 5.91 Å². The number of aliphatic hydroxyl groups is 1. The van der Waals surface area contributed by atoms with Crippen molar-refractivity contribution in [2.75, 3.05) is 11.4 Å². The predicted molar refractivity (Wildman–Crippen MR) is 94.6 cm³/mol. The molecule has 0 aliphatic carbocycles. The summed E-state index contributed by atoms with van der Waals surface area (Å²) in [6, 6.07) is 12.4. The molecule has 1 atom stereocenters. The summed E-state index contributed by atoms with van der Waals surface area (Å²) in [5, 5.41) is 10.9. The van der Waals surface area contributed by atoms with Crippen molar-refractivity contribution in [3.63, 3.8) is 0 Å². The van der Waals surface area contributed by atoms with Crippen molar-refractivity contribution >= 4 is 40.5 Å². The third-order valence-electron chi connectivity index (χ3n) is 3.78. The highest BCUT2D eigenvalue weighted by Gasteiger charge is 2.46. The minimum atomic E-state index is -1.46. The normalized spacial score (nSPS) is 20.6. The minimum absolute atomic E-state index is 0.0206. The van der Waals surface area contributed by atoms with Crippen LogP contribution in [-0.2, 0) is 0 Å². The van der Waals surface area contributed by atoms with E-state index in [2.05, 4.69) is 0 Å². The average molecular weight is 365 g/mol. The Kier molecular flexibility index (Phi) is 4.29. The second-order valence-corrected chi connectivity index (χ2v) is 6.46. The average Bonchev–Trinajstić information content (AvgIpc) is 2.78. The van der Waals surface area contributed by atoms with Crippen LogP contribution in [0, 0.1) is 5.82 Å². The van der Waals surface area contributed by atoms with Gasteiger partial charge in [-0.2, -0.15) is 0 Å². The predicted octanol–water partition coefficient (Wildman–Crippen LogP) is 3.43. The molecule has 1 heterocycles. The maximum atomic E-state index is 13.3. The number of anilines is 1. The van der Waals surface area contributed by atoms with Crippen molar-refractivity contribution in [2.24, 2.45) is 0 Å². The van der Waals surface area contributed by atoms with Crippen LogP contribution >= 0.6 is 23.8 Å². The zero-order valence-electron chi connectivity index (χ0n) is 12.7. The van der Waals surface area contributed by atoms with E-state index in [9.17, 15) is 14.3 Å². The first-order valence-corrected chi connectivity index (χ1v) is 7.98. The number of amides is 1. The van der Waals surface area contributed by atoms with Crippen molar-refractivity contribution in [1.82, 2.24) is 4.90 Å². The fraction of sp³-hybridized carbons (Fsp3) is 0.176. The van der Waals surface area contributed by atoms with E-state index in [1.165, 1.54) is 28.9 Å². The summed E-state index contributed by atoms with van der Waals surface area (Å²) in [5.74, 6) is -0.813. The number of hydrogen-bond acceptors (Lipinski definition) is 3. The third kappa shape index (κ3) is 2.88. The van der Waals surface area contributed by atoms with Gasteiger partial charge in [-0.1, -0.05) is 29.8 Å². The second-order valence-electron chi connectivity index (χ2n) is 5.69. The van der Waals surface area contributed by atoms with Gasteiger partial charge in [0.2, 0.25) is 0 Å². The SMILES string of the molecule is CC1(O)CN(C(=O)c2ccccc2)C(=S)N1c1ccc(F)cc1Cl. The van der Waals surface area contributed by atoms with E-state index in [4.69, 9.17) is 23.8 Å². The Labute approximate surface area is 149 Å². The van der Waals surface area contributed by atoms with E-state index in [0.717, 1.165) is 6.07 Å². The first kappa shape index (κ1) is 16.8. The molecule has 0 radical (unpaired) electrons. The smallest absolute Gasteiger partial charge is 0.260 e. The van der Waals surface area contributed by atoms with Gasteiger partial charge in [0.1, 0.15) is 5.82 Å². The Balaban J connectivity index is 1.98. The van der Waals surface area contributed by atoms with Gasteiger partial charge in [-0.3, -0.25) is 14.6 Å². The maximum Gasteiger partial charge on any atom is 0.260 e. The zero-order valence-corrected chi connectivity index (χ0v) is 14.3. The molecule has 1 aliphatic heterocycles. The fourth-order valence-electron chi connectivity index (χ4n) is 2.69. The molecule has 1 fully saturated rings. The van der Waals surface area contributed by atoms with Crippen molar-refractivity contribution < 1.29 is 14.3 Å². The minimum Gasteiger partial charge on any atom is -0.369 e. The Morgan fingerprint density at radius 2 is 1.96 bits per heavy atom. The van der Waals surface area contributed by atoms with Gasteiger partial charge in [0, 0.05) is 5.56 Å². The highest BCUT2D eigenvalue weighted by molar-refractivity contribution is 7.80. The van der Waals surface area contributed by atoms with Gasteiger partial charge in [-0.05, 0) is 49.5 Å². The molecular weight excluding hydrogens is 351 g/mol. The van der Waals surface area contributed by atoms with Gasteiger partial charge < -0.3 is 5.11 Å². The van der Waals surface area contributed by atoms with E-state index in [0.29, 0.717) is 11.3 Å². The molecule has 1 N–H and O–H groups in total. The van der Waals surface area contributed by atoms with Gasteiger partial charge in [0.15, 0.2) is 10.8 Å². The molecule has 0 spiro atoms. The summed E-state index contributed by atoms with van der Waals surface area (Å²) in [6.07, 6.45) is 0. The lowest BCUT2D eigenvalue weighted by atomic mass is 10.2. The van der Waals surface area contributed by atoms with Crippen LogP contribution in [0.25, 0.3) is 0 Å². The summed E-state index contributed by atoms with van der Waals surface area (Å²) >= 11 is 11.5. The molecule has 1 aliphatic rings. The van der Waals surface area contributed by atoms with Crippen LogP contribution in [0.4, 0.5) is 10.1 Å². The lowest BCUT2D eigenvalue weighted by Gasteiger charge is -2.30. The molecule has 1 unspecified atom stereocenters. The standard InChI is InChI=1S/C17H14ClFN2O2S/c1-17(23)10-20(15(22)11-5-3-2-4-6-11)16(24)21(17)14-8-7-12(19)9-13(14)18/h2-9,23H,10H2,1H3. The van der Waals surface area contributed by atoms with E-state index in [1.807, 2.05) is 0 Å². The molecule has 0 aromatic heterocycles. The number of carbonyl (C=O) groups excluding carboxylic acids is 1. The highest BCUT2D eigenvalue weighted by Crippen LogP contribution is 2.36. The van der Waals surface area contributed by atoms with Crippen molar-refractivity contribution in [1.29, 1.82) is 0 Å². The lowest BCUT2D eigenvalue weighted by molar-refractivity contribution is 0.0588. The molecule has 124 valence electrons. The zero-order chi connectivity index (χ0) is 17.5. The number of halogens is 2. The van der Waals surface area contributed by atoms with Gasteiger partial charge in [-0.15, -0.1) is 0 Å². The molecule has 2 aromatic carbocycles. The molecule has 7 heteroatoms. The van der Waals surface area contributed by atoms with E-state index in [-0.39, 0.29) is 22.6 Å². The quantitative estimate of drug-likeness (QED) is 0.829. The number of β-amino-alcohol motifs (C(OH)–C–C–N with tert-alkyl or cyclic N) is 1. The number of rotatable bonds is 2. The molecule has 1 amide bonds. The Hall–Kier alpha value is -2.02. The summed E-state index contributed by atoms with van der Waals surface area (Å²) in [4.78, 5) is 15.3. The summed E-state index contributed by atoms with van der Waals surface area (Å²) in [7, 11) is 0. The van der Waals surface area contributed by atoms with Crippen LogP contribution in [0.3, 0.4) is 0 Å². The molecular formula is C17H14ClFN2O2S. The first-order valence-electron chi connectivity index (χ1n) is 7.20. The third-order valence-corrected chi connectivity index (χ3v) is 4.48. The summed E-state index contributed by atoms with van der Waals surface area (Å²) in [6.45, 7) is 1.50. The molecule has 3 rings (SSSR count). The molecule has 4 nitrogen and oxygen atoms in total. The summed E-state index contributed by atoms with van der Waals surface area (Å²) < 4.78 is 13.3. The number of benzene rings is 2. The Bertz CT molecular complexity index is 813. The lowest BCUT2D eigenvalue weighted by Crippen LogP contribution is -2.44. The molecule has 0 saturated carbocycles. The van der Waals surface area contributed by atoms with Crippen molar-refractivity contribution in [3.05, 3.63) is 64.9 Å². The number of nitrogens with zero attached hydrogens (tertiary/aromatic N) is 2. The number of carbonyl (C=O) groups is 1. The van der Waals surface area contributed by atoms with Gasteiger partial charge in [-0.25, -0.2) is 4.39 Å². The van der Waals surface area contributed by atoms with Crippen molar-refractivity contribution in [3.8, 4) is 0 Å². The van der Waals surface area contributed by atoms with Crippen LogP contribution in [0.2, 0.25) is 5.02 Å². The molecule has 0 bridgehead atoms. The van der Waals surface area contributed by atoms with E-state index < -0.39 is 11.5 Å². The maximum absolute atomic E-state index is 13.3. The van der Waals surface area contributed by atoms with Crippen LogP contribution in [0.1, 0.15) is 17.3 Å². The first-order chi connectivity index (χ1) is 11.3. The molecule has 24 heavy (non-hydrogen) atoms. The van der Waals surface area contributed by atoms with Crippen LogP contribution in [0.15, 0.2) is 48.5 Å².